The molecule has 16 rings (SSSR count). The molecule has 14 atom stereocenters. The molecule has 684 valence electrons. The van der Waals surface area contributed by atoms with E-state index in [1.165, 1.54) is 49.7 Å². The van der Waals surface area contributed by atoms with Gasteiger partial charge in [0.05, 0.1) is 128 Å². The molecule has 4 fully saturated rings. The summed E-state index contributed by atoms with van der Waals surface area (Å²) in [6.07, 6.45) is -13.2. The fraction of sp³-hybridized carbons (Fsp3) is 0.415. The van der Waals surface area contributed by atoms with Crippen molar-refractivity contribution in [3.63, 3.8) is 0 Å². The molecule has 9 aromatic heterocycles. The number of benzene rings is 3. The van der Waals surface area contributed by atoms with Crippen LogP contribution in [-0.2, 0) is 47.3 Å². The summed E-state index contributed by atoms with van der Waals surface area (Å²) >= 11 is 3.29. The Morgan fingerprint density at radius 2 is 0.860 bits per heavy atom. The molecule has 129 heavy (non-hydrogen) atoms. The van der Waals surface area contributed by atoms with E-state index in [1.54, 1.807) is 13.1 Å². The monoisotopic (exact) mass is 1910 g/mol. The second-order valence-corrected chi connectivity index (χ2v) is 41.5. The van der Waals surface area contributed by atoms with Crippen LogP contribution in [0.4, 0.5) is 83.6 Å². The van der Waals surface area contributed by atoms with Gasteiger partial charge in [0.2, 0.25) is 23.7 Å². The number of hydrogen-bond donors (Lipinski definition) is 10. The van der Waals surface area contributed by atoms with E-state index >= 15 is 0 Å². The van der Waals surface area contributed by atoms with Gasteiger partial charge in [-0.1, -0.05) is 13.3 Å². The molecule has 0 saturated heterocycles. The first kappa shape index (κ1) is 91.8. The van der Waals surface area contributed by atoms with E-state index in [0.29, 0.717) is 74.0 Å². The van der Waals surface area contributed by atoms with Crippen LogP contribution in [0.25, 0.3) is 62.4 Å². The highest BCUT2D eigenvalue weighted by molar-refractivity contribution is 7.92. The summed E-state index contributed by atoms with van der Waals surface area (Å²) in [6, 6.07) is 4.14. The molecule has 4 saturated carbocycles. The number of ether oxygens (including phenoxy) is 2. The highest BCUT2D eigenvalue weighted by atomic mass is 32.2. The SMILES string of the molecule is CCCc1nccc2sc(-c3c(C)nc(NC4CC4)nc3N[C@@H]3C[C@H](CS(=O)(=O)c4ccc(F)cc4)[C@@H](Oc4nccc5sc(-c6c(C)nc(N[C@H](C)C(F)(F)F)nc6NC6C[C@H](CS(=O)(=O)c7cc(F)cc(F)c7)[C@@H](O)[C@H]6OCc6nccc7sc(-c8c(C)nc(N[C@H](C)C(F)(F)F)nc8N[C@@H]8C[C@H](CS(=O)(=O)c9cc(F)cc(F)c9)[C@@H](O)[C@H]8O)nc67)nc45)[C@H]3O)nc12. The molecular formula is C82H81F11N18O12S6. The Hall–Kier alpha value is -10.5. The number of aliphatic hydroxyl groups excluding tert-OH is 4. The number of aromatic nitrogens is 12. The zero-order valence-corrected chi connectivity index (χ0v) is 73.6. The number of anilines is 6. The highest BCUT2D eigenvalue weighted by Gasteiger charge is 2.51. The first-order valence-corrected chi connectivity index (χ1v) is 47.9. The van der Waals surface area contributed by atoms with Gasteiger partial charge in [0.25, 0.3) is 0 Å². The first-order chi connectivity index (χ1) is 61.0. The minimum absolute atomic E-state index is 0.00233. The molecule has 47 heteroatoms. The number of alkyl halides is 6. The maximum Gasteiger partial charge on any atom is 0.408 e. The lowest BCUT2D eigenvalue weighted by Gasteiger charge is -2.26. The molecule has 0 spiro atoms. The van der Waals surface area contributed by atoms with Crippen LogP contribution >= 0.6 is 34.0 Å². The van der Waals surface area contributed by atoms with Gasteiger partial charge in [0.15, 0.2) is 29.5 Å². The summed E-state index contributed by atoms with van der Waals surface area (Å²) in [6.45, 7) is 7.58. The van der Waals surface area contributed by atoms with Crippen molar-refractivity contribution in [1.82, 2.24) is 59.8 Å². The average Bonchev–Trinajstić information content (AvgIpc) is 1.63. The quantitative estimate of drug-likeness (QED) is 0.0142. The molecule has 1 unspecified atom stereocenters. The molecule has 0 radical (unpaired) electrons. The third-order valence-electron chi connectivity index (χ3n) is 22.9. The smallest absolute Gasteiger partial charge is 0.408 e. The number of sulfone groups is 3. The normalized spacial score (nSPS) is 22.1. The maximum absolute atomic E-state index is 14.9. The summed E-state index contributed by atoms with van der Waals surface area (Å²) in [5.74, 6) is -13.5. The number of fused-ring (bicyclic) bond motifs is 3. The van der Waals surface area contributed by atoms with Crippen molar-refractivity contribution in [2.75, 3.05) is 49.2 Å². The minimum Gasteiger partial charge on any atom is -0.470 e. The number of thiazole rings is 3. The number of hydrogen-bond acceptors (Lipinski definition) is 33. The van der Waals surface area contributed by atoms with Gasteiger partial charge in [-0.2, -0.15) is 41.3 Å². The Labute approximate surface area is 740 Å². The zero-order valence-electron chi connectivity index (χ0n) is 68.7. The second kappa shape index (κ2) is 36.0. The molecule has 0 aliphatic heterocycles. The van der Waals surface area contributed by atoms with Crippen molar-refractivity contribution in [2.45, 2.75) is 193 Å². The highest BCUT2D eigenvalue weighted by Crippen LogP contribution is 2.47. The first-order valence-electron chi connectivity index (χ1n) is 40.5. The van der Waals surface area contributed by atoms with Crippen LogP contribution in [0.1, 0.15) is 87.8 Å². The van der Waals surface area contributed by atoms with Crippen LogP contribution in [0.3, 0.4) is 0 Å². The van der Waals surface area contributed by atoms with Gasteiger partial charge < -0.3 is 61.8 Å². The van der Waals surface area contributed by atoms with Crippen molar-refractivity contribution in [2.24, 2.45) is 17.8 Å². The number of rotatable bonds is 31. The van der Waals surface area contributed by atoms with E-state index in [1.807, 2.05) is 13.0 Å². The predicted octanol–water partition coefficient (Wildman–Crippen LogP) is 13.2. The molecule has 3 aromatic carbocycles. The molecule has 4 aliphatic rings. The van der Waals surface area contributed by atoms with Gasteiger partial charge in [-0.05, 0) is 140 Å². The topological polar surface area (TPSA) is 429 Å². The van der Waals surface area contributed by atoms with Crippen molar-refractivity contribution >= 4 is 129 Å². The van der Waals surface area contributed by atoms with Gasteiger partial charge in [-0.3, -0.25) is 9.97 Å². The van der Waals surface area contributed by atoms with E-state index in [0.717, 1.165) is 90.4 Å². The van der Waals surface area contributed by atoms with Crippen molar-refractivity contribution in [3.8, 4) is 37.6 Å². The Morgan fingerprint density at radius 1 is 0.450 bits per heavy atom. The largest absolute Gasteiger partial charge is 0.470 e. The van der Waals surface area contributed by atoms with Gasteiger partial charge in [0.1, 0.15) is 115 Å². The van der Waals surface area contributed by atoms with Crippen molar-refractivity contribution < 1.29 is 103 Å². The lowest BCUT2D eigenvalue weighted by atomic mass is 10.1. The van der Waals surface area contributed by atoms with E-state index in [9.17, 15) is 94.0 Å². The molecular weight excluding hydrogens is 1830 g/mol. The Kier molecular flexibility index (Phi) is 25.6. The fourth-order valence-electron chi connectivity index (χ4n) is 16.2. The van der Waals surface area contributed by atoms with Crippen LogP contribution in [0.15, 0.2) is 112 Å². The van der Waals surface area contributed by atoms with Gasteiger partial charge in [-0.15, -0.1) is 34.0 Å². The third kappa shape index (κ3) is 19.8. The van der Waals surface area contributed by atoms with Gasteiger partial charge in [-0.25, -0.2) is 82.1 Å². The van der Waals surface area contributed by atoms with Crippen LogP contribution in [0, 0.1) is 67.6 Å². The van der Waals surface area contributed by atoms with Crippen molar-refractivity contribution in [3.05, 3.63) is 155 Å². The Morgan fingerprint density at radius 3 is 1.36 bits per heavy atom. The van der Waals surface area contributed by atoms with E-state index in [4.69, 9.17) is 34.4 Å². The molecule has 4 aliphatic carbocycles. The zero-order chi connectivity index (χ0) is 92.0. The Bertz CT molecular complexity index is 6610. The summed E-state index contributed by atoms with van der Waals surface area (Å²) in [4.78, 5) is 54.4. The van der Waals surface area contributed by atoms with E-state index < -0.39 is 208 Å². The van der Waals surface area contributed by atoms with Crippen LogP contribution < -0.4 is 36.6 Å². The second-order valence-electron chi connectivity index (χ2n) is 32.4. The molecule has 0 bridgehead atoms. The molecule has 0 amide bonds. The van der Waals surface area contributed by atoms with Crippen LogP contribution in [0.2, 0.25) is 0 Å². The third-order valence-corrected chi connectivity index (χ3v) is 31.5. The molecule has 10 N–H and O–H groups in total. The lowest BCUT2D eigenvalue weighted by molar-refractivity contribution is -0.139. The molecule has 12 aromatic rings. The summed E-state index contributed by atoms with van der Waals surface area (Å²) in [5, 5.41) is 66.3. The maximum atomic E-state index is 14.9. The molecule has 30 nitrogen and oxygen atoms in total. The number of halogens is 11. The Balaban J connectivity index is 0.740. The molecule has 9 heterocycles. The van der Waals surface area contributed by atoms with Crippen LogP contribution in [0.5, 0.6) is 5.88 Å². The van der Waals surface area contributed by atoms with Crippen LogP contribution in [-0.4, -0.2) is 208 Å². The number of pyridine rings is 3. The van der Waals surface area contributed by atoms with Gasteiger partial charge >= 0.3 is 12.4 Å². The summed E-state index contributed by atoms with van der Waals surface area (Å²) in [7, 11) is -13.6. The van der Waals surface area contributed by atoms with Crippen molar-refractivity contribution in [1.29, 1.82) is 0 Å². The lowest BCUT2D eigenvalue weighted by Crippen LogP contribution is -2.40. The average molecular weight is 1910 g/mol. The number of aliphatic hydroxyl groups is 4. The standard InChI is InChI=1S/C82H81F11N18O12S6/c1-7-8-51-62-56(15-18-94-51)124-75(106-62)60-36(4)99-80(102-47-11-12-47)111-72(60)104-53-23-41(33-127(116,117)48-13-9-42(83)10-14-48)69(68(53)115)123-74-64-58(17-20-96-74)126-77(108-64)61-35(3)98-79(101-38(6)82(91,92)93)110-73(61)105-54-22-40(32-129(120,121)50-28-45(86)25-46(87)29-50)66(113)70(54)122-30-55-63-57(16-19-95-55)125-76(107-63)59-34(2)97-78(100-37(5)81(88,89)90)109-71(59)103-52-21-39(65(112)67(52)114)31-128(118,119)49-26-43(84)24-44(85)27-49/h9-10,13-20,24-29,37-41,47,52-54,65-70,112-115H,7-8,11-12,21-23,30-33H2,1-6H3,(H2,97,100,103,109)(H2,98,101,105,110)(H2,99,102,104,111)/t37-,38-,39-,40-,41-,52-,53-,54?,65-,66-,67+,68+,69-,70+/m1/s1. The number of nitrogens with zero attached hydrogens (tertiary/aromatic N) is 12. The number of aryl methyl sites for hydroxylation is 4. The number of nitrogens with one attached hydrogen (secondary N) is 6. The predicted molar refractivity (Wildman–Crippen MR) is 457 cm³/mol. The van der Waals surface area contributed by atoms with E-state index in [2.05, 4.69) is 66.8 Å². The summed E-state index contributed by atoms with van der Waals surface area (Å²) in [5.41, 5.74) is 2.46. The minimum atomic E-state index is -4.89. The van der Waals surface area contributed by atoms with E-state index in [-0.39, 0.29) is 102 Å². The summed E-state index contributed by atoms with van der Waals surface area (Å²) < 4.78 is 259. The fourth-order valence-corrected chi connectivity index (χ4v) is 24.4. The van der Waals surface area contributed by atoms with Gasteiger partial charge in [0, 0.05) is 54.5 Å².